The molecule has 0 radical (unpaired) electrons. The third-order valence-corrected chi connectivity index (χ3v) is 3.44. The lowest BCUT2D eigenvalue weighted by Gasteiger charge is -2.21. The Kier molecular flexibility index (Phi) is 4.74. The highest BCUT2D eigenvalue weighted by Crippen LogP contribution is 2.31. The first-order valence-electron chi connectivity index (χ1n) is 6.75. The molecule has 114 valence electrons. The van der Waals surface area contributed by atoms with Crippen LogP contribution < -0.4 is 4.74 Å². The molecule has 2 rings (SSSR count). The molecule has 1 aliphatic carbocycles. The number of carboxylic acids is 1. The Morgan fingerprint density at radius 3 is 2.76 bits per heavy atom. The topological polar surface area (TPSA) is 92.9 Å². The largest absolute Gasteiger partial charge is 0.496 e. The summed E-state index contributed by atoms with van der Waals surface area (Å²) in [5.41, 5.74) is 0.612. The summed E-state index contributed by atoms with van der Waals surface area (Å²) in [7, 11) is 1.49. The number of nitro benzene ring substituents is 1. The smallest absolute Gasteiger partial charge is 0.317 e. The molecule has 0 saturated heterocycles. The van der Waals surface area contributed by atoms with E-state index in [0.29, 0.717) is 30.3 Å². The molecule has 1 aromatic rings. The number of ether oxygens (including phenoxy) is 1. The number of nitro groups is 1. The molecule has 1 N–H and O–H groups in total. The molecule has 0 heterocycles. The predicted octanol–water partition coefficient (Wildman–Crippen LogP) is 1.90. The molecule has 7 nitrogen and oxygen atoms in total. The van der Waals surface area contributed by atoms with E-state index >= 15 is 0 Å². The van der Waals surface area contributed by atoms with Gasteiger partial charge in [0.25, 0.3) is 5.69 Å². The first-order valence-corrected chi connectivity index (χ1v) is 6.75. The van der Waals surface area contributed by atoms with Gasteiger partial charge in [-0.05, 0) is 24.8 Å². The summed E-state index contributed by atoms with van der Waals surface area (Å²) in [4.78, 5) is 23.1. The zero-order valence-electron chi connectivity index (χ0n) is 11.8. The van der Waals surface area contributed by atoms with Gasteiger partial charge in [0.1, 0.15) is 5.75 Å². The molecular weight excluding hydrogens is 276 g/mol. The predicted molar refractivity (Wildman–Crippen MR) is 75.3 cm³/mol. The van der Waals surface area contributed by atoms with E-state index in [4.69, 9.17) is 9.84 Å². The van der Waals surface area contributed by atoms with E-state index in [9.17, 15) is 14.9 Å². The van der Waals surface area contributed by atoms with Crippen molar-refractivity contribution >= 4 is 11.7 Å². The van der Waals surface area contributed by atoms with Gasteiger partial charge in [-0.25, -0.2) is 0 Å². The molecule has 0 amide bonds. The van der Waals surface area contributed by atoms with Crippen LogP contribution in [0.25, 0.3) is 0 Å². The maximum absolute atomic E-state index is 11.0. The second-order valence-corrected chi connectivity index (χ2v) is 5.26. The number of carboxylic acid groups (broad SMARTS) is 1. The van der Waals surface area contributed by atoms with E-state index in [0.717, 1.165) is 12.8 Å². The summed E-state index contributed by atoms with van der Waals surface area (Å²) in [6, 6.07) is 4.37. The van der Waals surface area contributed by atoms with Crippen molar-refractivity contribution in [3.05, 3.63) is 33.9 Å². The van der Waals surface area contributed by atoms with Gasteiger partial charge in [0.15, 0.2) is 0 Å². The number of benzene rings is 1. The van der Waals surface area contributed by atoms with E-state index in [1.807, 2.05) is 0 Å². The molecule has 0 bridgehead atoms. The van der Waals surface area contributed by atoms with Gasteiger partial charge >= 0.3 is 5.97 Å². The van der Waals surface area contributed by atoms with Crippen LogP contribution in [0.5, 0.6) is 5.75 Å². The summed E-state index contributed by atoms with van der Waals surface area (Å²) in [5, 5.41) is 19.8. The Morgan fingerprint density at radius 1 is 1.52 bits per heavy atom. The van der Waals surface area contributed by atoms with Gasteiger partial charge in [0.2, 0.25) is 0 Å². The summed E-state index contributed by atoms with van der Waals surface area (Å²) in [6.07, 6.45) is 2.23. The van der Waals surface area contributed by atoms with Gasteiger partial charge in [-0.2, -0.15) is 0 Å². The van der Waals surface area contributed by atoms with Crippen LogP contribution >= 0.6 is 0 Å². The third kappa shape index (κ3) is 4.42. The van der Waals surface area contributed by atoms with Crippen molar-refractivity contribution in [1.82, 2.24) is 4.90 Å². The van der Waals surface area contributed by atoms with Gasteiger partial charge < -0.3 is 9.84 Å². The van der Waals surface area contributed by atoms with E-state index in [1.54, 1.807) is 11.0 Å². The lowest BCUT2D eigenvalue weighted by Crippen LogP contribution is -2.31. The molecule has 0 spiro atoms. The van der Waals surface area contributed by atoms with Crippen LogP contribution in [0.4, 0.5) is 5.69 Å². The minimum atomic E-state index is -0.903. The molecule has 1 aromatic carbocycles. The van der Waals surface area contributed by atoms with Crippen molar-refractivity contribution in [3.8, 4) is 5.75 Å². The summed E-state index contributed by atoms with van der Waals surface area (Å²) in [5.74, 6) is 0.167. The molecule has 0 aromatic heterocycles. The number of nitrogens with zero attached hydrogens (tertiary/aromatic N) is 2. The monoisotopic (exact) mass is 294 g/mol. The molecule has 0 aliphatic heterocycles. The summed E-state index contributed by atoms with van der Waals surface area (Å²) in [6.45, 7) is 0.939. The lowest BCUT2D eigenvalue weighted by molar-refractivity contribution is -0.384. The van der Waals surface area contributed by atoms with Crippen LogP contribution in [0.15, 0.2) is 18.2 Å². The number of rotatable bonds is 8. The van der Waals surface area contributed by atoms with Crippen molar-refractivity contribution in [2.45, 2.75) is 19.4 Å². The zero-order valence-corrected chi connectivity index (χ0v) is 11.8. The number of methoxy groups -OCH3 is 1. The fraction of sp³-hybridized carbons (Fsp3) is 0.500. The number of carbonyl (C=O) groups is 1. The number of aliphatic carboxylic acids is 1. The van der Waals surface area contributed by atoms with Crippen molar-refractivity contribution in [2.24, 2.45) is 5.92 Å². The van der Waals surface area contributed by atoms with E-state index in [2.05, 4.69) is 0 Å². The standard InChI is InChI=1S/C14H18N2O5/c1-21-13-5-4-12(16(19)20)6-11(13)8-15(9-14(17)18)7-10-2-3-10/h4-6,10H,2-3,7-9H2,1H3,(H,17,18). The van der Waals surface area contributed by atoms with Gasteiger partial charge in [0.05, 0.1) is 18.6 Å². The first-order chi connectivity index (χ1) is 9.99. The van der Waals surface area contributed by atoms with Crippen molar-refractivity contribution in [3.63, 3.8) is 0 Å². The van der Waals surface area contributed by atoms with Crippen LogP contribution in [0, 0.1) is 16.0 Å². The Bertz CT molecular complexity index is 542. The average Bonchev–Trinajstić information content (AvgIpc) is 3.21. The Morgan fingerprint density at radius 2 is 2.24 bits per heavy atom. The second-order valence-electron chi connectivity index (χ2n) is 5.26. The zero-order chi connectivity index (χ0) is 15.4. The van der Waals surface area contributed by atoms with Crippen molar-refractivity contribution < 1.29 is 19.6 Å². The second kappa shape index (κ2) is 6.53. The van der Waals surface area contributed by atoms with E-state index < -0.39 is 10.9 Å². The highest BCUT2D eigenvalue weighted by Gasteiger charge is 2.26. The van der Waals surface area contributed by atoms with E-state index in [1.165, 1.54) is 19.2 Å². The van der Waals surface area contributed by atoms with Crippen LogP contribution in [-0.4, -0.2) is 41.1 Å². The van der Waals surface area contributed by atoms with Crippen LogP contribution in [0.3, 0.4) is 0 Å². The molecule has 0 atom stereocenters. The number of hydrogen-bond donors (Lipinski definition) is 1. The molecule has 1 aliphatic rings. The summed E-state index contributed by atoms with van der Waals surface area (Å²) >= 11 is 0. The van der Waals surface area contributed by atoms with Crippen LogP contribution in [0.2, 0.25) is 0 Å². The SMILES string of the molecule is COc1ccc([N+](=O)[O-])cc1CN(CC(=O)O)CC1CC1. The average molecular weight is 294 g/mol. The molecule has 1 fully saturated rings. The molecule has 21 heavy (non-hydrogen) atoms. The number of non-ortho nitro benzene ring substituents is 1. The van der Waals surface area contributed by atoms with Crippen molar-refractivity contribution in [2.75, 3.05) is 20.2 Å². The molecular formula is C14H18N2O5. The fourth-order valence-electron chi connectivity index (χ4n) is 2.28. The van der Waals surface area contributed by atoms with Gasteiger partial charge in [-0.15, -0.1) is 0 Å². The first kappa shape index (κ1) is 15.2. The Balaban J connectivity index is 2.18. The Labute approximate surface area is 122 Å². The minimum absolute atomic E-state index is 0.0208. The quantitative estimate of drug-likeness (QED) is 0.581. The molecule has 7 heteroatoms. The fourth-order valence-corrected chi connectivity index (χ4v) is 2.28. The minimum Gasteiger partial charge on any atom is -0.496 e. The highest BCUT2D eigenvalue weighted by molar-refractivity contribution is 5.69. The lowest BCUT2D eigenvalue weighted by atomic mass is 10.1. The van der Waals surface area contributed by atoms with Gasteiger partial charge in [-0.3, -0.25) is 19.8 Å². The summed E-state index contributed by atoms with van der Waals surface area (Å²) < 4.78 is 5.21. The molecule has 1 saturated carbocycles. The normalized spacial score (nSPS) is 14.2. The van der Waals surface area contributed by atoms with Crippen LogP contribution in [0.1, 0.15) is 18.4 Å². The van der Waals surface area contributed by atoms with Gasteiger partial charge in [0, 0.05) is 30.8 Å². The maximum Gasteiger partial charge on any atom is 0.317 e. The molecule has 0 unspecified atom stereocenters. The van der Waals surface area contributed by atoms with Gasteiger partial charge in [-0.1, -0.05) is 0 Å². The number of hydrogen-bond acceptors (Lipinski definition) is 5. The Hall–Kier alpha value is -2.15. The third-order valence-electron chi connectivity index (χ3n) is 3.44. The maximum atomic E-state index is 11.0. The highest BCUT2D eigenvalue weighted by atomic mass is 16.6. The van der Waals surface area contributed by atoms with Crippen molar-refractivity contribution in [1.29, 1.82) is 0 Å². The van der Waals surface area contributed by atoms with E-state index in [-0.39, 0.29) is 12.2 Å². The van der Waals surface area contributed by atoms with Crippen LogP contribution in [-0.2, 0) is 11.3 Å².